The molecule has 0 spiro atoms. The highest BCUT2D eigenvalue weighted by Gasteiger charge is 2.29. The minimum atomic E-state index is 0.336. The van der Waals surface area contributed by atoms with Crippen LogP contribution >= 0.6 is 11.6 Å². The van der Waals surface area contributed by atoms with Crippen LogP contribution in [0.4, 0.5) is 0 Å². The molecule has 17 heavy (non-hydrogen) atoms. The quantitative estimate of drug-likeness (QED) is 0.899. The molecule has 1 aliphatic rings. The van der Waals surface area contributed by atoms with Crippen LogP contribution in [0, 0.1) is 11.8 Å². The van der Waals surface area contributed by atoms with E-state index in [1.165, 1.54) is 25.7 Å². The fourth-order valence-corrected chi connectivity index (χ4v) is 3.27. The van der Waals surface area contributed by atoms with Crippen molar-refractivity contribution in [3.05, 3.63) is 16.9 Å². The van der Waals surface area contributed by atoms with Crippen molar-refractivity contribution in [3.63, 3.8) is 0 Å². The number of nitrogens with one attached hydrogen (secondary N) is 1. The molecule has 1 saturated carbocycles. The predicted octanol–water partition coefficient (Wildman–Crippen LogP) is 3.16. The molecule has 0 amide bonds. The number of aryl methyl sites for hydroxylation is 1. The SMILES string of the molecule is CNC(c1c(Cl)cnn1C)C1CCC(C)CC1. The summed E-state index contributed by atoms with van der Waals surface area (Å²) >= 11 is 6.24. The molecular weight excluding hydrogens is 234 g/mol. The van der Waals surface area contributed by atoms with Gasteiger partial charge in [-0.15, -0.1) is 0 Å². The second kappa shape index (κ2) is 5.40. The van der Waals surface area contributed by atoms with E-state index in [-0.39, 0.29) is 0 Å². The van der Waals surface area contributed by atoms with Gasteiger partial charge in [-0.1, -0.05) is 31.4 Å². The summed E-state index contributed by atoms with van der Waals surface area (Å²) in [6, 6.07) is 0.336. The van der Waals surface area contributed by atoms with Crippen LogP contribution in [0.2, 0.25) is 5.02 Å². The van der Waals surface area contributed by atoms with Gasteiger partial charge in [-0.3, -0.25) is 4.68 Å². The molecule has 0 bridgehead atoms. The zero-order valence-corrected chi connectivity index (χ0v) is 11.7. The Morgan fingerprint density at radius 3 is 2.53 bits per heavy atom. The number of aromatic nitrogens is 2. The predicted molar refractivity (Wildman–Crippen MR) is 71.1 cm³/mol. The van der Waals surface area contributed by atoms with Gasteiger partial charge >= 0.3 is 0 Å². The minimum Gasteiger partial charge on any atom is -0.311 e. The van der Waals surface area contributed by atoms with Crippen molar-refractivity contribution in [1.29, 1.82) is 0 Å². The highest BCUT2D eigenvalue weighted by atomic mass is 35.5. The molecule has 0 aromatic carbocycles. The topological polar surface area (TPSA) is 29.9 Å². The van der Waals surface area contributed by atoms with Crippen molar-refractivity contribution < 1.29 is 0 Å². The van der Waals surface area contributed by atoms with Gasteiger partial charge < -0.3 is 5.32 Å². The first-order valence-corrected chi connectivity index (χ1v) is 6.86. The van der Waals surface area contributed by atoms with Gasteiger partial charge in [0, 0.05) is 7.05 Å². The van der Waals surface area contributed by atoms with Crippen LogP contribution in [0.1, 0.15) is 44.3 Å². The molecule has 3 nitrogen and oxygen atoms in total. The number of nitrogens with zero attached hydrogens (tertiary/aromatic N) is 2. The summed E-state index contributed by atoms with van der Waals surface area (Å²) in [5.41, 5.74) is 1.13. The van der Waals surface area contributed by atoms with Gasteiger partial charge in [0.2, 0.25) is 0 Å². The molecule has 0 aliphatic heterocycles. The number of hydrogen-bond donors (Lipinski definition) is 1. The average Bonchev–Trinajstić information content (AvgIpc) is 2.64. The van der Waals surface area contributed by atoms with Crippen LogP contribution in [-0.4, -0.2) is 16.8 Å². The summed E-state index contributed by atoms with van der Waals surface area (Å²) < 4.78 is 1.90. The van der Waals surface area contributed by atoms with Crippen molar-refractivity contribution in [1.82, 2.24) is 15.1 Å². The summed E-state index contributed by atoms with van der Waals surface area (Å²) in [5.74, 6) is 1.56. The van der Waals surface area contributed by atoms with Gasteiger partial charge in [-0.2, -0.15) is 5.10 Å². The van der Waals surface area contributed by atoms with Crippen LogP contribution in [0.25, 0.3) is 0 Å². The van der Waals surface area contributed by atoms with E-state index in [1.807, 2.05) is 18.8 Å². The summed E-state index contributed by atoms with van der Waals surface area (Å²) in [7, 11) is 3.99. The van der Waals surface area contributed by atoms with E-state index in [0.29, 0.717) is 12.0 Å². The minimum absolute atomic E-state index is 0.336. The van der Waals surface area contributed by atoms with Crippen LogP contribution in [0.5, 0.6) is 0 Å². The fourth-order valence-electron chi connectivity index (χ4n) is 2.98. The standard InChI is InChI=1S/C13H22ClN3/c1-9-4-6-10(7-5-9)12(15-2)13-11(14)8-16-17(13)3/h8-10,12,15H,4-7H2,1-3H3. The third-order valence-corrected chi connectivity index (χ3v) is 4.37. The molecular formula is C13H22ClN3. The zero-order valence-electron chi connectivity index (χ0n) is 10.9. The zero-order chi connectivity index (χ0) is 12.4. The molecule has 2 rings (SSSR count). The van der Waals surface area contributed by atoms with Crippen molar-refractivity contribution >= 4 is 11.6 Å². The lowest BCUT2D eigenvalue weighted by atomic mass is 9.78. The third-order valence-electron chi connectivity index (χ3n) is 4.08. The Kier molecular flexibility index (Phi) is 4.10. The first-order chi connectivity index (χ1) is 8.13. The van der Waals surface area contributed by atoms with E-state index in [9.17, 15) is 0 Å². The Labute approximate surface area is 109 Å². The number of halogens is 1. The molecule has 96 valence electrons. The van der Waals surface area contributed by atoms with E-state index >= 15 is 0 Å². The fraction of sp³-hybridized carbons (Fsp3) is 0.769. The van der Waals surface area contributed by atoms with E-state index in [4.69, 9.17) is 11.6 Å². The first-order valence-electron chi connectivity index (χ1n) is 6.48. The molecule has 1 aromatic rings. The molecule has 1 N–H and O–H groups in total. The van der Waals surface area contributed by atoms with E-state index < -0.39 is 0 Å². The molecule has 1 fully saturated rings. The average molecular weight is 256 g/mol. The number of hydrogen-bond acceptors (Lipinski definition) is 2. The molecule has 1 unspecified atom stereocenters. The Morgan fingerprint density at radius 1 is 1.41 bits per heavy atom. The van der Waals surface area contributed by atoms with Gasteiger partial charge in [0.1, 0.15) is 0 Å². The molecule has 1 heterocycles. The smallest absolute Gasteiger partial charge is 0.0834 e. The lowest BCUT2D eigenvalue weighted by Gasteiger charge is -2.32. The van der Waals surface area contributed by atoms with Gasteiger partial charge in [-0.25, -0.2) is 0 Å². The van der Waals surface area contributed by atoms with Crippen molar-refractivity contribution in [3.8, 4) is 0 Å². The van der Waals surface area contributed by atoms with Gasteiger partial charge in [0.15, 0.2) is 0 Å². The second-order valence-electron chi connectivity index (χ2n) is 5.29. The summed E-state index contributed by atoms with van der Waals surface area (Å²) in [6.45, 7) is 2.35. The van der Waals surface area contributed by atoms with Crippen molar-refractivity contribution in [2.24, 2.45) is 18.9 Å². The van der Waals surface area contributed by atoms with E-state index in [2.05, 4.69) is 17.3 Å². The monoisotopic (exact) mass is 255 g/mol. The van der Waals surface area contributed by atoms with E-state index in [1.54, 1.807) is 6.20 Å². The Hall–Kier alpha value is -0.540. The van der Waals surface area contributed by atoms with Crippen molar-refractivity contribution in [2.75, 3.05) is 7.05 Å². The Balaban J connectivity index is 2.16. The first kappa shape index (κ1) is 12.9. The van der Waals surface area contributed by atoms with Gasteiger partial charge in [-0.05, 0) is 31.7 Å². The maximum absolute atomic E-state index is 6.24. The molecule has 1 aliphatic carbocycles. The van der Waals surface area contributed by atoms with Crippen LogP contribution < -0.4 is 5.32 Å². The molecule has 0 radical (unpaired) electrons. The summed E-state index contributed by atoms with van der Waals surface area (Å²) in [4.78, 5) is 0. The maximum Gasteiger partial charge on any atom is 0.0834 e. The van der Waals surface area contributed by atoms with Crippen molar-refractivity contribution in [2.45, 2.75) is 38.6 Å². The third kappa shape index (κ3) is 2.66. The van der Waals surface area contributed by atoms with Crippen LogP contribution in [0.3, 0.4) is 0 Å². The molecule has 0 saturated heterocycles. The van der Waals surface area contributed by atoms with Gasteiger partial charge in [0.05, 0.1) is 23.0 Å². The van der Waals surface area contributed by atoms with Crippen LogP contribution in [0.15, 0.2) is 6.20 Å². The molecule has 1 aromatic heterocycles. The Bertz CT molecular complexity index is 347. The van der Waals surface area contributed by atoms with Gasteiger partial charge in [0.25, 0.3) is 0 Å². The number of rotatable bonds is 3. The maximum atomic E-state index is 6.24. The lowest BCUT2D eigenvalue weighted by Crippen LogP contribution is -2.30. The van der Waals surface area contributed by atoms with E-state index in [0.717, 1.165) is 16.6 Å². The highest BCUT2D eigenvalue weighted by Crippen LogP contribution is 2.38. The molecule has 1 atom stereocenters. The normalized spacial score (nSPS) is 27.1. The molecule has 4 heteroatoms. The summed E-state index contributed by atoms with van der Waals surface area (Å²) in [6.07, 6.45) is 6.98. The Morgan fingerprint density at radius 2 is 2.06 bits per heavy atom. The largest absolute Gasteiger partial charge is 0.311 e. The summed E-state index contributed by atoms with van der Waals surface area (Å²) in [5, 5.41) is 8.45. The lowest BCUT2D eigenvalue weighted by molar-refractivity contribution is 0.232. The van der Waals surface area contributed by atoms with Crippen LogP contribution in [-0.2, 0) is 7.05 Å². The highest BCUT2D eigenvalue weighted by molar-refractivity contribution is 6.31. The second-order valence-corrected chi connectivity index (χ2v) is 5.69.